The van der Waals surface area contributed by atoms with Crippen LogP contribution in [0.4, 0.5) is 0 Å². The van der Waals surface area contributed by atoms with Gasteiger partial charge in [0.05, 0.1) is 5.60 Å². The van der Waals surface area contributed by atoms with Crippen molar-refractivity contribution >= 4 is 5.91 Å². The average Bonchev–Trinajstić information content (AvgIpc) is 3.09. The van der Waals surface area contributed by atoms with E-state index in [0.29, 0.717) is 31.8 Å². The molecule has 0 aromatic carbocycles. The molecule has 0 bridgehead atoms. The third kappa shape index (κ3) is 3.89. The summed E-state index contributed by atoms with van der Waals surface area (Å²) in [6.45, 7) is 8.23. The number of aliphatic hydroxyl groups is 1. The first-order valence-corrected chi connectivity index (χ1v) is 9.40. The highest BCUT2D eigenvalue weighted by Gasteiger charge is 2.45. The summed E-state index contributed by atoms with van der Waals surface area (Å²) < 4.78 is 5.43. The Hall–Kier alpha value is -0.650. The topological polar surface area (TPSA) is 53.0 Å². The normalized spacial score (nSPS) is 34.0. The number of amides is 1. The van der Waals surface area contributed by atoms with E-state index in [9.17, 15) is 9.90 Å². The number of ether oxygens (including phenoxy) is 1. The van der Waals surface area contributed by atoms with Gasteiger partial charge in [-0.2, -0.15) is 0 Å². The van der Waals surface area contributed by atoms with Gasteiger partial charge < -0.3 is 19.6 Å². The first-order valence-electron chi connectivity index (χ1n) is 9.40. The molecule has 0 aromatic heterocycles. The lowest BCUT2D eigenvalue weighted by molar-refractivity contribution is -0.151. The zero-order chi connectivity index (χ0) is 16.3. The average molecular weight is 324 g/mol. The van der Waals surface area contributed by atoms with E-state index in [1.165, 1.54) is 12.8 Å². The Balaban J connectivity index is 1.49. The second-order valence-electron chi connectivity index (χ2n) is 7.67. The lowest BCUT2D eigenvalue weighted by Gasteiger charge is -2.48. The van der Waals surface area contributed by atoms with Crippen LogP contribution in [0.25, 0.3) is 0 Å². The highest BCUT2D eigenvalue weighted by Crippen LogP contribution is 2.39. The highest BCUT2D eigenvalue weighted by molar-refractivity contribution is 5.76. The van der Waals surface area contributed by atoms with Gasteiger partial charge in [-0.15, -0.1) is 0 Å². The number of carbonyl (C=O) groups is 1. The number of nitrogens with zero attached hydrogens (tertiary/aromatic N) is 2. The van der Waals surface area contributed by atoms with Gasteiger partial charge in [-0.1, -0.05) is 6.92 Å². The summed E-state index contributed by atoms with van der Waals surface area (Å²) in [6, 6.07) is 0. The molecule has 5 nitrogen and oxygen atoms in total. The van der Waals surface area contributed by atoms with Crippen LogP contribution < -0.4 is 0 Å². The van der Waals surface area contributed by atoms with E-state index in [4.69, 9.17) is 4.74 Å². The zero-order valence-electron chi connectivity index (χ0n) is 14.5. The quantitative estimate of drug-likeness (QED) is 0.851. The summed E-state index contributed by atoms with van der Waals surface area (Å²) >= 11 is 0. The van der Waals surface area contributed by atoms with Crippen molar-refractivity contribution < 1.29 is 14.6 Å². The van der Waals surface area contributed by atoms with Crippen LogP contribution in [0.1, 0.15) is 45.4 Å². The standard InChI is InChI=1S/C18H32N2O3/c1-15-14-20(17(21)4-10-19-8-2-3-9-19)11-7-18(15,22)16-5-12-23-13-6-16/h15-16,22H,2-14H2,1H3/t15-,18+/m1/s1. The lowest BCUT2D eigenvalue weighted by Crippen LogP contribution is -2.57. The van der Waals surface area contributed by atoms with Gasteiger partial charge in [0.2, 0.25) is 5.91 Å². The molecule has 132 valence electrons. The van der Waals surface area contributed by atoms with Crippen molar-refractivity contribution in [2.75, 3.05) is 45.9 Å². The molecule has 1 N–H and O–H groups in total. The van der Waals surface area contributed by atoms with Crippen LogP contribution in [-0.2, 0) is 9.53 Å². The molecule has 3 saturated heterocycles. The molecule has 5 heteroatoms. The monoisotopic (exact) mass is 324 g/mol. The van der Waals surface area contributed by atoms with Gasteiger partial charge in [0.1, 0.15) is 0 Å². The van der Waals surface area contributed by atoms with Crippen molar-refractivity contribution in [2.45, 2.75) is 51.0 Å². The molecule has 0 saturated carbocycles. The Bertz CT molecular complexity index is 405. The molecule has 23 heavy (non-hydrogen) atoms. The number of likely N-dealkylation sites (tertiary alicyclic amines) is 2. The largest absolute Gasteiger partial charge is 0.389 e. The predicted octanol–water partition coefficient (Wildman–Crippen LogP) is 1.50. The number of hydrogen-bond acceptors (Lipinski definition) is 4. The maximum absolute atomic E-state index is 12.5. The van der Waals surface area contributed by atoms with Gasteiger partial charge in [0.25, 0.3) is 0 Å². The Kier molecular flexibility index (Phi) is 5.60. The number of rotatable bonds is 4. The van der Waals surface area contributed by atoms with E-state index in [2.05, 4.69) is 11.8 Å². The van der Waals surface area contributed by atoms with Crippen molar-refractivity contribution in [1.82, 2.24) is 9.80 Å². The molecule has 3 heterocycles. The first-order chi connectivity index (χ1) is 11.1. The van der Waals surface area contributed by atoms with Gasteiger partial charge in [0.15, 0.2) is 0 Å². The molecule has 1 amide bonds. The zero-order valence-corrected chi connectivity index (χ0v) is 14.5. The fraction of sp³-hybridized carbons (Fsp3) is 0.944. The summed E-state index contributed by atoms with van der Waals surface area (Å²) in [6.07, 6.45) is 5.78. The van der Waals surface area contributed by atoms with Crippen LogP contribution in [0.5, 0.6) is 0 Å². The van der Waals surface area contributed by atoms with Crippen molar-refractivity contribution in [2.24, 2.45) is 11.8 Å². The summed E-state index contributed by atoms with van der Waals surface area (Å²) in [7, 11) is 0. The Morgan fingerprint density at radius 3 is 2.57 bits per heavy atom. The van der Waals surface area contributed by atoms with E-state index in [-0.39, 0.29) is 11.8 Å². The third-order valence-corrected chi connectivity index (χ3v) is 6.25. The predicted molar refractivity (Wildman–Crippen MR) is 89.1 cm³/mol. The minimum Gasteiger partial charge on any atom is -0.389 e. The van der Waals surface area contributed by atoms with E-state index >= 15 is 0 Å². The van der Waals surface area contributed by atoms with Crippen molar-refractivity contribution in [3.63, 3.8) is 0 Å². The molecule has 0 spiro atoms. The molecular formula is C18H32N2O3. The van der Waals surface area contributed by atoms with Crippen molar-refractivity contribution in [3.8, 4) is 0 Å². The molecule has 3 aliphatic rings. The second kappa shape index (κ2) is 7.49. The van der Waals surface area contributed by atoms with E-state index in [1.807, 2.05) is 4.90 Å². The van der Waals surface area contributed by atoms with Crippen LogP contribution in [0.15, 0.2) is 0 Å². The van der Waals surface area contributed by atoms with E-state index < -0.39 is 5.60 Å². The van der Waals surface area contributed by atoms with Gasteiger partial charge in [-0.25, -0.2) is 0 Å². The molecule has 0 unspecified atom stereocenters. The van der Waals surface area contributed by atoms with Gasteiger partial charge in [-0.3, -0.25) is 4.79 Å². The van der Waals surface area contributed by atoms with Crippen LogP contribution >= 0.6 is 0 Å². The first kappa shape index (κ1) is 17.2. The SMILES string of the molecule is C[C@@H]1CN(C(=O)CCN2CCCC2)CC[C@@]1(O)C1CCOCC1. The summed E-state index contributed by atoms with van der Waals surface area (Å²) in [4.78, 5) is 16.9. The summed E-state index contributed by atoms with van der Waals surface area (Å²) in [5, 5.41) is 11.2. The Labute approximate surface area is 140 Å². The number of hydrogen-bond donors (Lipinski definition) is 1. The molecule has 2 atom stereocenters. The second-order valence-corrected chi connectivity index (χ2v) is 7.67. The molecule has 0 aromatic rings. The van der Waals surface area contributed by atoms with Crippen LogP contribution in [0, 0.1) is 11.8 Å². The lowest BCUT2D eigenvalue weighted by atomic mass is 9.70. The Morgan fingerprint density at radius 2 is 1.91 bits per heavy atom. The molecule has 0 radical (unpaired) electrons. The van der Waals surface area contributed by atoms with Gasteiger partial charge in [0, 0.05) is 45.2 Å². The van der Waals surface area contributed by atoms with E-state index in [1.54, 1.807) is 0 Å². The van der Waals surface area contributed by atoms with Crippen molar-refractivity contribution in [1.29, 1.82) is 0 Å². The molecule has 3 aliphatic heterocycles. The Morgan fingerprint density at radius 1 is 1.22 bits per heavy atom. The fourth-order valence-electron chi connectivity index (χ4n) is 4.59. The van der Waals surface area contributed by atoms with Crippen LogP contribution in [-0.4, -0.2) is 72.4 Å². The van der Waals surface area contributed by atoms with Crippen molar-refractivity contribution in [3.05, 3.63) is 0 Å². The maximum Gasteiger partial charge on any atom is 0.223 e. The maximum atomic E-state index is 12.5. The van der Waals surface area contributed by atoms with Gasteiger partial charge in [-0.05, 0) is 51.1 Å². The highest BCUT2D eigenvalue weighted by atomic mass is 16.5. The number of carbonyl (C=O) groups excluding carboxylic acids is 1. The minimum atomic E-state index is -0.616. The van der Waals surface area contributed by atoms with E-state index in [0.717, 1.165) is 45.7 Å². The molecule has 3 fully saturated rings. The molecular weight excluding hydrogens is 292 g/mol. The van der Waals surface area contributed by atoms with Crippen LogP contribution in [0.2, 0.25) is 0 Å². The smallest absolute Gasteiger partial charge is 0.223 e. The van der Waals surface area contributed by atoms with Gasteiger partial charge >= 0.3 is 0 Å². The molecule has 3 rings (SSSR count). The fourth-order valence-corrected chi connectivity index (χ4v) is 4.59. The minimum absolute atomic E-state index is 0.148. The summed E-state index contributed by atoms with van der Waals surface area (Å²) in [5.41, 5.74) is -0.616. The summed E-state index contributed by atoms with van der Waals surface area (Å²) in [5.74, 6) is 0.737. The number of piperidine rings is 1. The van der Waals surface area contributed by atoms with Crippen LogP contribution in [0.3, 0.4) is 0 Å². The molecule has 0 aliphatic carbocycles. The third-order valence-electron chi connectivity index (χ3n) is 6.25.